The number of benzene rings is 1. The minimum absolute atomic E-state index is 0.0372. The zero-order valence-electron chi connectivity index (χ0n) is 21.3. The number of thiophene rings is 1. The lowest BCUT2D eigenvalue weighted by Gasteiger charge is -2.39. The Morgan fingerprint density at radius 1 is 1.00 bits per heavy atom. The van der Waals surface area contributed by atoms with Gasteiger partial charge in [0.1, 0.15) is 0 Å². The van der Waals surface area contributed by atoms with E-state index in [1.807, 2.05) is 24.3 Å². The highest BCUT2D eigenvalue weighted by molar-refractivity contribution is 7.13. The van der Waals surface area contributed by atoms with E-state index in [0.29, 0.717) is 16.5 Å². The minimum Gasteiger partial charge on any atom is -0.412 e. The van der Waals surface area contributed by atoms with Crippen LogP contribution in [0.2, 0.25) is 41.3 Å². The second kappa shape index (κ2) is 9.84. The summed E-state index contributed by atoms with van der Waals surface area (Å²) in [6, 6.07) is 9.87. The van der Waals surface area contributed by atoms with Crippen LogP contribution < -0.4 is 0 Å². The summed E-state index contributed by atoms with van der Waals surface area (Å²) in [6.07, 6.45) is 0.607. The van der Waals surface area contributed by atoms with Crippen molar-refractivity contribution in [3.05, 3.63) is 56.2 Å². The molecule has 0 N–H and O–H groups in total. The smallest absolute Gasteiger partial charge is 0.193 e. The minimum atomic E-state index is -2.13. The molecule has 1 unspecified atom stereocenters. The molecule has 1 aromatic heterocycles. The summed E-state index contributed by atoms with van der Waals surface area (Å²) in [5.41, 5.74) is 1.88. The van der Waals surface area contributed by atoms with Crippen LogP contribution in [0.15, 0.2) is 30.3 Å². The van der Waals surface area contributed by atoms with E-state index in [9.17, 15) is 4.79 Å². The highest BCUT2D eigenvalue weighted by Crippen LogP contribution is 2.44. The van der Waals surface area contributed by atoms with Crippen molar-refractivity contribution in [1.82, 2.24) is 0 Å². The Morgan fingerprint density at radius 3 is 2.09 bits per heavy atom. The molecule has 3 nitrogen and oxygen atoms in total. The Bertz CT molecular complexity index is 939. The summed E-state index contributed by atoms with van der Waals surface area (Å²) < 4.78 is 13.3. The van der Waals surface area contributed by atoms with Crippen LogP contribution in [0.3, 0.4) is 0 Å². The van der Waals surface area contributed by atoms with Gasteiger partial charge in [-0.2, -0.15) is 0 Å². The molecule has 2 rings (SSSR count). The highest BCUT2D eigenvalue weighted by atomic mass is 35.5. The maximum absolute atomic E-state index is 12.1. The largest absolute Gasteiger partial charge is 0.412 e. The lowest BCUT2D eigenvalue weighted by molar-refractivity contribution is 0.112. The lowest BCUT2D eigenvalue weighted by atomic mass is 10.0. The molecule has 0 saturated carbocycles. The van der Waals surface area contributed by atoms with Gasteiger partial charge in [0.05, 0.1) is 17.6 Å². The molecule has 0 aliphatic carbocycles. The van der Waals surface area contributed by atoms with Gasteiger partial charge in [-0.25, -0.2) is 0 Å². The fourth-order valence-electron chi connectivity index (χ4n) is 2.76. The standard InChI is InChI=1S/C25H39ClO3SSi2/c1-24(2,3)31(7,8)28-17-20-15-21(22(16-27)30-20)23(18-12-11-13-19(26)14-18)29-32(9,10)25(4,5)6/h11-16,23H,17H2,1-10H3. The van der Waals surface area contributed by atoms with Crippen LogP contribution in [0.5, 0.6) is 0 Å². The lowest BCUT2D eigenvalue weighted by Crippen LogP contribution is -2.42. The third kappa shape index (κ3) is 6.42. The third-order valence-electron chi connectivity index (χ3n) is 6.98. The van der Waals surface area contributed by atoms with Gasteiger partial charge < -0.3 is 8.85 Å². The van der Waals surface area contributed by atoms with Crippen molar-refractivity contribution in [1.29, 1.82) is 0 Å². The van der Waals surface area contributed by atoms with E-state index >= 15 is 0 Å². The Morgan fingerprint density at radius 2 is 1.59 bits per heavy atom. The van der Waals surface area contributed by atoms with Crippen LogP contribution in [0.4, 0.5) is 0 Å². The normalized spacial score (nSPS) is 14.5. The first-order chi connectivity index (χ1) is 14.5. The van der Waals surface area contributed by atoms with Crippen LogP contribution in [-0.2, 0) is 15.5 Å². The van der Waals surface area contributed by atoms with E-state index in [1.54, 1.807) is 0 Å². The average molecular weight is 511 g/mol. The van der Waals surface area contributed by atoms with Crippen molar-refractivity contribution in [3.8, 4) is 0 Å². The fraction of sp³-hybridized carbons (Fsp3) is 0.560. The summed E-state index contributed by atoms with van der Waals surface area (Å²) in [7, 11) is -4.02. The third-order valence-corrected chi connectivity index (χ3v) is 17.2. The van der Waals surface area contributed by atoms with E-state index in [2.05, 4.69) is 73.8 Å². The number of aldehydes is 1. The number of carbonyl (C=O) groups excluding carboxylic acids is 1. The first kappa shape index (κ1) is 27.5. The number of hydrogen-bond acceptors (Lipinski definition) is 4. The van der Waals surface area contributed by atoms with Crippen LogP contribution in [0.25, 0.3) is 0 Å². The van der Waals surface area contributed by atoms with Crippen LogP contribution in [0.1, 0.15) is 73.3 Å². The van der Waals surface area contributed by atoms with Gasteiger partial charge in [-0.05, 0) is 60.0 Å². The van der Waals surface area contributed by atoms with E-state index in [4.69, 9.17) is 20.5 Å². The van der Waals surface area contributed by atoms with Gasteiger partial charge in [0.2, 0.25) is 0 Å². The highest BCUT2D eigenvalue weighted by Gasteiger charge is 2.41. The molecular formula is C25H39ClO3SSi2. The second-order valence-electron chi connectivity index (χ2n) is 11.5. The van der Waals surface area contributed by atoms with Crippen molar-refractivity contribution in [3.63, 3.8) is 0 Å². The van der Waals surface area contributed by atoms with Gasteiger partial charge in [0.15, 0.2) is 22.9 Å². The first-order valence-electron chi connectivity index (χ1n) is 11.1. The maximum atomic E-state index is 12.1. The van der Waals surface area contributed by atoms with Crippen molar-refractivity contribution >= 4 is 45.9 Å². The molecule has 0 saturated heterocycles. The molecule has 0 fully saturated rings. The number of hydrogen-bond donors (Lipinski definition) is 0. The van der Waals surface area contributed by atoms with Gasteiger partial charge in [-0.15, -0.1) is 11.3 Å². The zero-order chi connectivity index (χ0) is 24.5. The van der Waals surface area contributed by atoms with Gasteiger partial charge in [0, 0.05) is 15.5 Å². The summed E-state index contributed by atoms with van der Waals surface area (Å²) in [5.74, 6) is 0. The van der Waals surface area contributed by atoms with E-state index in [0.717, 1.165) is 22.3 Å². The van der Waals surface area contributed by atoms with Gasteiger partial charge >= 0.3 is 0 Å². The monoisotopic (exact) mass is 510 g/mol. The number of rotatable bonds is 8. The van der Waals surface area contributed by atoms with Gasteiger partial charge in [-0.3, -0.25) is 4.79 Å². The molecule has 1 aromatic carbocycles. The molecule has 178 valence electrons. The molecule has 0 amide bonds. The van der Waals surface area contributed by atoms with Crippen molar-refractivity contribution < 1.29 is 13.6 Å². The molecule has 1 atom stereocenters. The van der Waals surface area contributed by atoms with Crippen molar-refractivity contribution in [2.45, 2.75) is 90.5 Å². The number of carbonyl (C=O) groups is 1. The molecule has 2 aromatic rings. The van der Waals surface area contributed by atoms with E-state index in [-0.39, 0.29) is 16.2 Å². The molecule has 0 aliphatic heterocycles. The topological polar surface area (TPSA) is 35.5 Å². The SMILES string of the molecule is CC(C)(C)[Si](C)(C)OCc1cc(C(O[Si](C)(C)C(C)(C)C)c2cccc(Cl)c2)c(C=O)s1. The Labute approximate surface area is 205 Å². The molecule has 1 heterocycles. The van der Waals surface area contributed by atoms with E-state index in [1.165, 1.54) is 11.3 Å². The predicted octanol–water partition coefficient (Wildman–Crippen LogP) is 8.85. The average Bonchev–Trinajstić information content (AvgIpc) is 3.06. The van der Waals surface area contributed by atoms with Crippen LogP contribution in [0, 0.1) is 0 Å². The molecule has 32 heavy (non-hydrogen) atoms. The molecule has 7 heteroatoms. The van der Waals surface area contributed by atoms with Gasteiger partial charge in [-0.1, -0.05) is 65.3 Å². The molecule has 0 aliphatic rings. The van der Waals surface area contributed by atoms with Crippen molar-refractivity contribution in [2.75, 3.05) is 0 Å². The molecule has 0 spiro atoms. The maximum Gasteiger partial charge on any atom is 0.193 e. The molecular weight excluding hydrogens is 472 g/mol. The van der Waals surface area contributed by atoms with Crippen LogP contribution in [-0.4, -0.2) is 22.9 Å². The zero-order valence-corrected chi connectivity index (χ0v) is 24.8. The van der Waals surface area contributed by atoms with E-state index < -0.39 is 16.6 Å². The summed E-state index contributed by atoms with van der Waals surface area (Å²) in [4.78, 5) is 13.8. The second-order valence-corrected chi connectivity index (χ2v) is 22.7. The quantitative estimate of drug-likeness (QED) is 0.262. The molecule has 0 bridgehead atoms. The van der Waals surface area contributed by atoms with Gasteiger partial charge in [0.25, 0.3) is 0 Å². The van der Waals surface area contributed by atoms with Crippen LogP contribution >= 0.6 is 22.9 Å². The predicted molar refractivity (Wildman–Crippen MR) is 143 cm³/mol. The Kier molecular flexibility index (Phi) is 8.45. The number of halogens is 1. The Hall–Kier alpha value is -0.766. The summed E-state index contributed by atoms with van der Waals surface area (Å²) in [5, 5.41) is 0.834. The summed E-state index contributed by atoms with van der Waals surface area (Å²) >= 11 is 7.84. The molecule has 0 radical (unpaired) electrons. The fourth-order valence-corrected chi connectivity index (χ4v) is 6.14. The summed E-state index contributed by atoms with van der Waals surface area (Å²) in [6.45, 7) is 22.9. The van der Waals surface area contributed by atoms with Crippen molar-refractivity contribution in [2.24, 2.45) is 0 Å². The Balaban J connectivity index is 2.48. The first-order valence-corrected chi connectivity index (χ1v) is 18.1.